The van der Waals surface area contributed by atoms with E-state index in [9.17, 15) is 4.79 Å². The van der Waals surface area contributed by atoms with Gasteiger partial charge in [-0.3, -0.25) is 4.79 Å². The van der Waals surface area contributed by atoms with Crippen LogP contribution in [-0.4, -0.2) is 13.0 Å². The van der Waals surface area contributed by atoms with Gasteiger partial charge in [-0.1, -0.05) is 18.2 Å². The number of allylic oxidation sites excluding steroid dienone is 1. The lowest BCUT2D eigenvalue weighted by Gasteiger charge is -1.90. The molecule has 1 heterocycles. The highest BCUT2D eigenvalue weighted by molar-refractivity contribution is 5.89. The van der Waals surface area contributed by atoms with Crippen LogP contribution >= 0.6 is 0 Å². The Morgan fingerprint density at radius 3 is 2.93 bits per heavy atom. The van der Waals surface area contributed by atoms with E-state index in [0.717, 1.165) is 10.6 Å². The maximum Gasteiger partial charge on any atom is 0.245 e. The van der Waals surface area contributed by atoms with E-state index < -0.39 is 0 Å². The van der Waals surface area contributed by atoms with Gasteiger partial charge in [0, 0.05) is 18.3 Å². The second-order valence-corrected chi connectivity index (χ2v) is 3.00. The van der Waals surface area contributed by atoms with Gasteiger partial charge in [-0.25, -0.2) is 4.99 Å². The van der Waals surface area contributed by atoms with Crippen molar-refractivity contribution in [1.82, 2.24) is 5.32 Å². The number of hydrogen-bond acceptors (Lipinski definition) is 2. The fraction of sp³-hybridized carbons (Fsp3) is 0.0909. The topological polar surface area (TPSA) is 41.5 Å². The molecule has 1 aliphatic heterocycles. The number of amides is 1. The molecule has 0 radical (unpaired) electrons. The number of nitrogens with zero attached hydrogens (tertiary/aromatic N) is 1. The molecule has 0 saturated heterocycles. The van der Waals surface area contributed by atoms with E-state index in [-0.39, 0.29) is 5.91 Å². The Kier molecular flexibility index (Phi) is 2.14. The zero-order valence-corrected chi connectivity index (χ0v) is 7.82. The predicted octanol–water partition coefficient (Wildman–Crippen LogP) is -0.270. The first-order chi connectivity index (χ1) is 6.79. The lowest BCUT2D eigenvalue weighted by atomic mass is 10.3. The van der Waals surface area contributed by atoms with Crippen LogP contribution in [0.2, 0.25) is 0 Å². The van der Waals surface area contributed by atoms with Crippen LogP contribution in [0.5, 0.6) is 0 Å². The lowest BCUT2D eigenvalue weighted by molar-refractivity contribution is -0.116. The number of benzene rings is 1. The van der Waals surface area contributed by atoms with Crippen LogP contribution in [0.25, 0.3) is 6.08 Å². The number of para-hydroxylation sites is 1. The van der Waals surface area contributed by atoms with E-state index in [1.165, 1.54) is 6.08 Å². The monoisotopic (exact) mass is 186 g/mol. The fourth-order valence-corrected chi connectivity index (χ4v) is 1.32. The third-order valence-corrected chi connectivity index (χ3v) is 2.02. The molecular weight excluding hydrogens is 176 g/mol. The van der Waals surface area contributed by atoms with Gasteiger partial charge >= 0.3 is 0 Å². The Hall–Kier alpha value is -1.90. The zero-order valence-electron chi connectivity index (χ0n) is 7.82. The van der Waals surface area contributed by atoms with Gasteiger partial charge in [-0.15, -0.1) is 0 Å². The Morgan fingerprint density at radius 2 is 2.21 bits per heavy atom. The van der Waals surface area contributed by atoms with Crippen molar-refractivity contribution in [3.8, 4) is 0 Å². The molecule has 1 aromatic rings. The van der Waals surface area contributed by atoms with E-state index >= 15 is 0 Å². The molecule has 70 valence electrons. The number of fused-ring (bicyclic) bond motifs is 1. The maximum absolute atomic E-state index is 11.1. The summed E-state index contributed by atoms with van der Waals surface area (Å²) < 4.78 is 0. The van der Waals surface area contributed by atoms with Crippen LogP contribution in [0.15, 0.2) is 41.0 Å². The molecule has 0 aliphatic carbocycles. The summed E-state index contributed by atoms with van der Waals surface area (Å²) in [5.41, 5.74) is 0.700. The molecule has 0 atom stereocenters. The molecule has 3 heteroatoms. The van der Waals surface area contributed by atoms with Crippen LogP contribution in [-0.2, 0) is 4.79 Å². The normalized spacial score (nSPS) is 15.6. The Balaban J connectivity index is 2.45. The van der Waals surface area contributed by atoms with Gasteiger partial charge in [-0.05, 0) is 12.1 Å². The van der Waals surface area contributed by atoms with Gasteiger partial charge < -0.3 is 5.32 Å². The number of carbonyl (C=O) groups is 1. The Bertz CT molecular complexity index is 477. The highest BCUT2D eigenvalue weighted by Crippen LogP contribution is 1.99. The predicted molar refractivity (Wildman–Crippen MR) is 53.8 cm³/mol. The number of nitrogens with one attached hydrogen (secondary N) is 1. The zero-order chi connectivity index (χ0) is 9.97. The highest BCUT2D eigenvalue weighted by Gasteiger charge is 2.01. The van der Waals surface area contributed by atoms with Gasteiger partial charge in [0.15, 0.2) is 0 Å². The molecule has 0 saturated carbocycles. The molecule has 3 nitrogen and oxygen atoms in total. The number of rotatable bonds is 1. The molecule has 0 fully saturated rings. The summed E-state index contributed by atoms with van der Waals surface area (Å²) in [5, 5.41) is 4.50. The van der Waals surface area contributed by atoms with Crippen LogP contribution in [0.4, 0.5) is 0 Å². The summed E-state index contributed by atoms with van der Waals surface area (Å²) in [4.78, 5) is 15.3. The third kappa shape index (κ3) is 1.57. The van der Waals surface area contributed by atoms with Crippen molar-refractivity contribution in [2.24, 2.45) is 4.99 Å². The molecular formula is C11H10N2O. The standard InChI is InChI=1S/C11H10N2O/c1-12-11(14)7-9-6-8-4-2-3-5-10(8)13-9/h2-7H,1H3,(H,12,14). The summed E-state index contributed by atoms with van der Waals surface area (Å²) in [5.74, 6) is -0.132. The largest absolute Gasteiger partial charge is 0.356 e. The first-order valence-corrected chi connectivity index (χ1v) is 4.38. The number of hydrogen-bond donors (Lipinski definition) is 1. The third-order valence-electron chi connectivity index (χ3n) is 2.02. The van der Waals surface area contributed by atoms with Gasteiger partial charge in [-0.2, -0.15) is 0 Å². The summed E-state index contributed by atoms with van der Waals surface area (Å²) in [6.07, 6.45) is 3.38. The van der Waals surface area contributed by atoms with E-state index in [1.807, 2.05) is 30.3 Å². The Labute approximate surface area is 81.5 Å². The molecule has 2 rings (SSSR count). The molecule has 0 bridgehead atoms. The van der Waals surface area contributed by atoms with Crippen molar-refractivity contribution in [1.29, 1.82) is 0 Å². The second-order valence-electron chi connectivity index (χ2n) is 3.00. The van der Waals surface area contributed by atoms with Crippen molar-refractivity contribution in [2.45, 2.75) is 0 Å². The molecule has 1 N–H and O–H groups in total. The maximum atomic E-state index is 11.1. The van der Waals surface area contributed by atoms with E-state index in [1.54, 1.807) is 7.05 Å². The fourth-order valence-electron chi connectivity index (χ4n) is 1.32. The summed E-state index contributed by atoms with van der Waals surface area (Å²) in [7, 11) is 1.60. The van der Waals surface area contributed by atoms with Gasteiger partial charge in [0.05, 0.1) is 11.1 Å². The van der Waals surface area contributed by atoms with Gasteiger partial charge in [0.1, 0.15) is 0 Å². The van der Waals surface area contributed by atoms with Crippen molar-refractivity contribution in [3.05, 3.63) is 46.6 Å². The van der Waals surface area contributed by atoms with E-state index in [0.29, 0.717) is 5.70 Å². The van der Waals surface area contributed by atoms with E-state index in [2.05, 4.69) is 10.3 Å². The summed E-state index contributed by atoms with van der Waals surface area (Å²) in [6, 6.07) is 7.78. The molecule has 1 aliphatic rings. The summed E-state index contributed by atoms with van der Waals surface area (Å²) >= 11 is 0. The average Bonchev–Trinajstić information content (AvgIpc) is 2.59. The molecule has 1 aromatic carbocycles. The first kappa shape index (κ1) is 8.69. The lowest BCUT2D eigenvalue weighted by Crippen LogP contribution is -2.19. The summed E-state index contributed by atoms with van der Waals surface area (Å²) in [6.45, 7) is 0. The van der Waals surface area contributed by atoms with Gasteiger partial charge in [0.2, 0.25) is 5.91 Å². The number of carbonyl (C=O) groups excluding carboxylic acids is 1. The smallest absolute Gasteiger partial charge is 0.245 e. The van der Waals surface area contributed by atoms with Crippen molar-refractivity contribution >= 4 is 12.0 Å². The Morgan fingerprint density at radius 1 is 1.43 bits per heavy atom. The highest BCUT2D eigenvalue weighted by atomic mass is 16.1. The van der Waals surface area contributed by atoms with Crippen molar-refractivity contribution in [3.63, 3.8) is 0 Å². The van der Waals surface area contributed by atoms with Gasteiger partial charge in [0.25, 0.3) is 0 Å². The van der Waals surface area contributed by atoms with Crippen LogP contribution in [0, 0.1) is 0 Å². The van der Waals surface area contributed by atoms with Crippen LogP contribution < -0.4 is 15.9 Å². The molecule has 14 heavy (non-hydrogen) atoms. The first-order valence-electron chi connectivity index (χ1n) is 4.38. The van der Waals surface area contributed by atoms with Crippen molar-refractivity contribution < 1.29 is 4.79 Å². The van der Waals surface area contributed by atoms with Crippen LogP contribution in [0.3, 0.4) is 0 Å². The quantitative estimate of drug-likeness (QED) is 0.603. The molecule has 1 amide bonds. The molecule has 0 spiro atoms. The molecule has 0 aromatic heterocycles. The van der Waals surface area contributed by atoms with Crippen LogP contribution in [0.1, 0.15) is 0 Å². The van der Waals surface area contributed by atoms with E-state index in [4.69, 9.17) is 0 Å². The minimum Gasteiger partial charge on any atom is -0.356 e. The average molecular weight is 186 g/mol. The van der Waals surface area contributed by atoms with Crippen molar-refractivity contribution in [2.75, 3.05) is 7.05 Å². The second kappa shape index (κ2) is 3.46. The minimum atomic E-state index is -0.132. The molecule has 0 unspecified atom stereocenters. The number of likely N-dealkylation sites (N-methyl/N-ethyl adjacent to an activating group) is 1. The minimum absolute atomic E-state index is 0.132. The SMILES string of the molecule is CNC(=O)C=C1C=c2ccccc2=N1.